The van der Waals surface area contributed by atoms with Crippen molar-refractivity contribution in [1.29, 1.82) is 0 Å². The number of hydrogen-bond acceptors (Lipinski definition) is 4. The molecule has 0 unspecified atom stereocenters. The number of fused-ring (bicyclic) bond motifs is 1. The van der Waals surface area contributed by atoms with Crippen molar-refractivity contribution in [3.8, 4) is 0 Å². The minimum absolute atomic E-state index is 0.178. The standard InChI is InChI=1S/C26H27ClN4O4/c1-4-5-14-31-22-20(25(34)30(3)26(31)35)19(16-10-12-18(27)13-11-16)21(24(33)29-22)28-23(32)17-8-6-15(2)7-9-17/h6-13,19,21H,4-5,14H2,1-3H3,(H,28,32)(H,29,33)/t19-,21+/m0/s1. The number of unbranched alkanes of at least 4 members (excludes halogenated alkanes) is 1. The molecular weight excluding hydrogens is 468 g/mol. The largest absolute Gasteiger partial charge is 0.339 e. The first kappa shape index (κ1) is 24.5. The number of benzene rings is 2. The molecule has 2 N–H and O–H groups in total. The first-order chi connectivity index (χ1) is 16.7. The van der Waals surface area contributed by atoms with E-state index in [9.17, 15) is 19.2 Å². The van der Waals surface area contributed by atoms with E-state index in [-0.39, 0.29) is 11.4 Å². The van der Waals surface area contributed by atoms with E-state index in [4.69, 9.17) is 11.6 Å². The lowest BCUT2D eigenvalue weighted by Gasteiger charge is -2.34. The van der Waals surface area contributed by atoms with Gasteiger partial charge in [0.15, 0.2) is 0 Å². The maximum Gasteiger partial charge on any atom is 0.332 e. The number of nitrogens with zero attached hydrogens (tertiary/aromatic N) is 2. The Bertz CT molecular complexity index is 1390. The molecule has 35 heavy (non-hydrogen) atoms. The number of amides is 2. The minimum Gasteiger partial charge on any atom is -0.339 e. The molecule has 1 aliphatic rings. The molecule has 0 saturated carbocycles. The van der Waals surface area contributed by atoms with Crippen LogP contribution in [0.5, 0.6) is 0 Å². The van der Waals surface area contributed by atoms with E-state index in [1.54, 1.807) is 36.4 Å². The van der Waals surface area contributed by atoms with Gasteiger partial charge in [0.1, 0.15) is 11.9 Å². The van der Waals surface area contributed by atoms with Crippen LogP contribution in [0.3, 0.4) is 0 Å². The molecule has 8 nitrogen and oxygen atoms in total. The normalized spacial score (nSPS) is 17.0. The van der Waals surface area contributed by atoms with E-state index >= 15 is 0 Å². The van der Waals surface area contributed by atoms with Crippen LogP contribution in [0.25, 0.3) is 0 Å². The van der Waals surface area contributed by atoms with Crippen LogP contribution in [-0.2, 0) is 18.4 Å². The number of aryl methyl sites for hydroxylation is 1. The Morgan fingerprint density at radius 3 is 2.34 bits per heavy atom. The van der Waals surface area contributed by atoms with Crippen molar-refractivity contribution < 1.29 is 9.59 Å². The van der Waals surface area contributed by atoms with Gasteiger partial charge in [0.05, 0.1) is 5.56 Å². The minimum atomic E-state index is -1.08. The van der Waals surface area contributed by atoms with Gasteiger partial charge >= 0.3 is 5.69 Å². The number of aromatic nitrogens is 2. The third-order valence-corrected chi connectivity index (χ3v) is 6.56. The maximum atomic E-state index is 13.4. The second-order valence-electron chi connectivity index (χ2n) is 8.75. The molecule has 2 amide bonds. The van der Waals surface area contributed by atoms with Crippen molar-refractivity contribution in [3.63, 3.8) is 0 Å². The first-order valence-electron chi connectivity index (χ1n) is 11.5. The van der Waals surface area contributed by atoms with Crippen LogP contribution in [0.2, 0.25) is 5.02 Å². The fourth-order valence-corrected chi connectivity index (χ4v) is 4.48. The number of hydrogen-bond donors (Lipinski definition) is 2. The quantitative estimate of drug-likeness (QED) is 0.549. The summed E-state index contributed by atoms with van der Waals surface area (Å²) in [5.41, 5.74) is 1.24. The molecule has 2 heterocycles. The summed E-state index contributed by atoms with van der Waals surface area (Å²) in [6.45, 7) is 4.25. The van der Waals surface area contributed by atoms with Gasteiger partial charge in [-0.05, 0) is 43.2 Å². The number of rotatable bonds is 6. The Morgan fingerprint density at radius 1 is 1.06 bits per heavy atom. The van der Waals surface area contributed by atoms with E-state index in [0.717, 1.165) is 16.6 Å². The molecule has 3 aromatic rings. The fourth-order valence-electron chi connectivity index (χ4n) is 4.35. The van der Waals surface area contributed by atoms with E-state index in [1.807, 2.05) is 26.0 Å². The lowest BCUT2D eigenvalue weighted by Crippen LogP contribution is -2.55. The second-order valence-corrected chi connectivity index (χ2v) is 9.19. The SMILES string of the molecule is CCCCn1c2c(c(=O)n(C)c1=O)[C@H](c1ccc(Cl)cc1)[C@@H](NC(=O)c1ccc(C)cc1)C(=O)N2. The van der Waals surface area contributed by atoms with Gasteiger partial charge in [0.25, 0.3) is 11.5 Å². The predicted octanol–water partition coefficient (Wildman–Crippen LogP) is 3.19. The Hall–Kier alpha value is -3.65. The molecule has 0 spiro atoms. The number of halogens is 1. The molecular formula is C26H27ClN4O4. The van der Waals surface area contributed by atoms with Crippen LogP contribution in [0, 0.1) is 6.92 Å². The second kappa shape index (κ2) is 9.92. The monoisotopic (exact) mass is 494 g/mol. The molecule has 2 aromatic carbocycles. The summed E-state index contributed by atoms with van der Waals surface area (Å²) < 4.78 is 2.48. The summed E-state index contributed by atoms with van der Waals surface area (Å²) >= 11 is 6.09. The molecule has 0 fully saturated rings. The van der Waals surface area contributed by atoms with Crippen LogP contribution in [0.4, 0.5) is 5.82 Å². The van der Waals surface area contributed by atoms with Gasteiger partial charge < -0.3 is 10.6 Å². The van der Waals surface area contributed by atoms with Gasteiger partial charge in [-0.2, -0.15) is 0 Å². The van der Waals surface area contributed by atoms with Gasteiger partial charge in [-0.1, -0.05) is 54.8 Å². The average molecular weight is 495 g/mol. The summed E-state index contributed by atoms with van der Waals surface area (Å²) in [7, 11) is 1.42. The van der Waals surface area contributed by atoms with Crippen molar-refractivity contribution in [2.45, 2.75) is 45.2 Å². The Balaban J connectivity index is 1.89. The maximum absolute atomic E-state index is 13.4. The summed E-state index contributed by atoms with van der Waals surface area (Å²) in [4.78, 5) is 52.8. The lowest BCUT2D eigenvalue weighted by molar-refractivity contribution is -0.118. The summed E-state index contributed by atoms with van der Waals surface area (Å²) in [6, 6.07) is 12.7. The number of nitrogens with one attached hydrogen (secondary N) is 2. The van der Waals surface area contributed by atoms with Crippen LogP contribution >= 0.6 is 11.6 Å². The number of anilines is 1. The third kappa shape index (κ3) is 4.66. The highest BCUT2D eigenvalue weighted by Crippen LogP contribution is 2.35. The molecule has 0 saturated heterocycles. The molecule has 9 heteroatoms. The fraction of sp³-hybridized carbons (Fsp3) is 0.308. The zero-order chi connectivity index (χ0) is 25.3. The summed E-state index contributed by atoms with van der Waals surface area (Å²) in [5.74, 6) is -1.59. The zero-order valence-electron chi connectivity index (χ0n) is 19.8. The van der Waals surface area contributed by atoms with Gasteiger partial charge in [-0.15, -0.1) is 0 Å². The van der Waals surface area contributed by atoms with Crippen molar-refractivity contribution in [2.75, 3.05) is 5.32 Å². The molecule has 182 valence electrons. The third-order valence-electron chi connectivity index (χ3n) is 6.31. The van der Waals surface area contributed by atoms with Gasteiger partial charge in [-0.25, -0.2) is 4.79 Å². The van der Waals surface area contributed by atoms with E-state index in [0.29, 0.717) is 29.1 Å². The van der Waals surface area contributed by atoms with Crippen LogP contribution < -0.4 is 21.9 Å². The lowest BCUT2D eigenvalue weighted by atomic mass is 9.82. The van der Waals surface area contributed by atoms with E-state index in [1.165, 1.54) is 11.6 Å². The van der Waals surface area contributed by atoms with Gasteiger partial charge in [-0.3, -0.25) is 23.5 Å². The summed E-state index contributed by atoms with van der Waals surface area (Å²) in [5, 5.41) is 6.05. The molecule has 1 aromatic heterocycles. The highest BCUT2D eigenvalue weighted by Gasteiger charge is 2.42. The van der Waals surface area contributed by atoms with Crippen molar-refractivity contribution >= 4 is 29.2 Å². The van der Waals surface area contributed by atoms with Crippen LogP contribution in [0.1, 0.15) is 52.7 Å². The van der Waals surface area contributed by atoms with E-state index in [2.05, 4.69) is 10.6 Å². The first-order valence-corrected chi connectivity index (χ1v) is 11.9. The molecule has 2 atom stereocenters. The highest BCUT2D eigenvalue weighted by molar-refractivity contribution is 6.30. The topological polar surface area (TPSA) is 102 Å². The van der Waals surface area contributed by atoms with Crippen molar-refractivity contribution in [2.24, 2.45) is 7.05 Å². The van der Waals surface area contributed by atoms with Crippen molar-refractivity contribution in [3.05, 3.63) is 96.6 Å². The Kier molecular flexibility index (Phi) is 6.93. The summed E-state index contributed by atoms with van der Waals surface area (Å²) in [6.07, 6.45) is 1.52. The predicted molar refractivity (Wildman–Crippen MR) is 135 cm³/mol. The average Bonchev–Trinajstić information content (AvgIpc) is 2.84. The molecule has 0 bridgehead atoms. The molecule has 4 rings (SSSR count). The van der Waals surface area contributed by atoms with Crippen molar-refractivity contribution in [1.82, 2.24) is 14.5 Å². The highest BCUT2D eigenvalue weighted by atomic mass is 35.5. The number of carbonyl (C=O) groups is 2. The Labute approximate surface area is 207 Å². The zero-order valence-corrected chi connectivity index (χ0v) is 20.6. The molecule has 1 aliphatic heterocycles. The van der Waals surface area contributed by atoms with Crippen LogP contribution in [0.15, 0.2) is 58.1 Å². The number of carbonyl (C=O) groups excluding carboxylic acids is 2. The van der Waals surface area contributed by atoms with Gasteiger partial charge in [0, 0.05) is 30.1 Å². The molecule has 0 aliphatic carbocycles. The smallest absolute Gasteiger partial charge is 0.332 e. The Morgan fingerprint density at radius 2 is 1.71 bits per heavy atom. The van der Waals surface area contributed by atoms with Crippen LogP contribution in [-0.4, -0.2) is 27.0 Å². The molecule has 0 radical (unpaired) electrons. The van der Waals surface area contributed by atoms with Gasteiger partial charge in [0.2, 0.25) is 5.91 Å². The van der Waals surface area contributed by atoms with E-state index < -0.39 is 35.0 Å².